The molecule has 142 valence electrons. The molecule has 0 N–H and O–H groups in total. The SMILES string of the molecule is C[C@H](CC#N)N(C)c1ccc(S(=O)(=O)N2CCN(C)CC2)cc1[N+](=O)[O-]. The second kappa shape index (κ2) is 7.99. The Kier molecular flexibility index (Phi) is 6.17. The number of hydrogen-bond acceptors (Lipinski definition) is 7. The first-order chi connectivity index (χ1) is 12.2. The highest BCUT2D eigenvalue weighted by atomic mass is 32.2. The summed E-state index contributed by atoms with van der Waals surface area (Å²) in [6.45, 7) is 3.73. The van der Waals surface area contributed by atoms with Gasteiger partial charge >= 0.3 is 0 Å². The normalized spacial score (nSPS) is 17.5. The van der Waals surface area contributed by atoms with Crippen LogP contribution in [0.25, 0.3) is 0 Å². The molecule has 1 aliphatic rings. The topological polar surface area (TPSA) is 111 Å². The first kappa shape index (κ1) is 20.1. The number of benzene rings is 1. The Bertz CT molecular complexity index is 812. The Morgan fingerprint density at radius 1 is 1.35 bits per heavy atom. The molecule has 1 fully saturated rings. The van der Waals surface area contributed by atoms with E-state index >= 15 is 0 Å². The van der Waals surface area contributed by atoms with Gasteiger partial charge in [-0.15, -0.1) is 0 Å². The summed E-state index contributed by atoms with van der Waals surface area (Å²) >= 11 is 0. The number of likely N-dealkylation sites (N-methyl/N-ethyl adjacent to an activating group) is 1. The number of nitriles is 1. The minimum Gasteiger partial charge on any atom is -0.365 e. The van der Waals surface area contributed by atoms with Crippen molar-refractivity contribution in [2.24, 2.45) is 0 Å². The number of piperazine rings is 1. The summed E-state index contributed by atoms with van der Waals surface area (Å²) in [5.41, 5.74) is 0.00238. The molecule has 0 bridgehead atoms. The summed E-state index contributed by atoms with van der Waals surface area (Å²) in [6.07, 6.45) is 0.203. The van der Waals surface area contributed by atoms with Crippen LogP contribution in [0.1, 0.15) is 13.3 Å². The zero-order valence-electron chi connectivity index (χ0n) is 15.1. The maximum absolute atomic E-state index is 12.8. The molecule has 9 nitrogen and oxygen atoms in total. The fraction of sp³-hybridized carbons (Fsp3) is 0.562. The van der Waals surface area contributed by atoms with Crippen LogP contribution in [-0.4, -0.2) is 68.9 Å². The molecule has 10 heteroatoms. The molecule has 1 heterocycles. The molecule has 1 aromatic carbocycles. The quantitative estimate of drug-likeness (QED) is 0.539. The van der Waals surface area contributed by atoms with E-state index in [0.29, 0.717) is 26.2 Å². The Balaban J connectivity index is 2.39. The van der Waals surface area contributed by atoms with Crippen molar-refractivity contribution in [3.8, 4) is 6.07 Å². The summed E-state index contributed by atoms with van der Waals surface area (Å²) in [5.74, 6) is 0. The molecule has 1 aliphatic heterocycles. The predicted octanol–water partition coefficient (Wildman–Crippen LogP) is 1.27. The minimum atomic E-state index is -3.78. The molecule has 1 atom stereocenters. The second-order valence-corrected chi connectivity index (χ2v) is 8.38. The molecule has 1 saturated heterocycles. The summed E-state index contributed by atoms with van der Waals surface area (Å²) in [7, 11) is -0.213. The van der Waals surface area contributed by atoms with Crippen LogP contribution in [-0.2, 0) is 10.0 Å². The van der Waals surface area contributed by atoms with Crippen molar-refractivity contribution in [1.82, 2.24) is 9.21 Å². The minimum absolute atomic E-state index is 0.0844. The van der Waals surface area contributed by atoms with Crippen LogP contribution in [0.3, 0.4) is 0 Å². The van der Waals surface area contributed by atoms with E-state index in [1.165, 1.54) is 16.4 Å². The molecule has 1 aromatic rings. The fourth-order valence-corrected chi connectivity index (χ4v) is 4.23. The van der Waals surface area contributed by atoms with E-state index < -0.39 is 14.9 Å². The standard InChI is InChI=1S/C16H23N5O4S/c1-13(6-7-17)19(3)15-5-4-14(12-16(15)21(22)23)26(24,25)20-10-8-18(2)9-11-20/h4-5,12-13H,6,8-11H2,1-3H3/t13-/m1/s1. The summed E-state index contributed by atoms with van der Waals surface area (Å²) in [4.78, 5) is 14.5. The third-order valence-corrected chi connectivity index (χ3v) is 6.57. The number of nitro groups is 1. The number of anilines is 1. The lowest BCUT2D eigenvalue weighted by atomic mass is 10.2. The van der Waals surface area contributed by atoms with Gasteiger partial charge in [-0.05, 0) is 26.1 Å². The Morgan fingerprint density at radius 3 is 2.50 bits per heavy atom. The smallest absolute Gasteiger partial charge is 0.293 e. The lowest BCUT2D eigenvalue weighted by Gasteiger charge is -2.31. The van der Waals surface area contributed by atoms with E-state index in [4.69, 9.17) is 5.26 Å². The van der Waals surface area contributed by atoms with Crippen LogP contribution < -0.4 is 4.90 Å². The van der Waals surface area contributed by atoms with Gasteiger partial charge in [0.05, 0.1) is 22.3 Å². The highest BCUT2D eigenvalue weighted by Gasteiger charge is 2.30. The maximum Gasteiger partial charge on any atom is 0.293 e. The van der Waals surface area contributed by atoms with E-state index in [9.17, 15) is 18.5 Å². The van der Waals surface area contributed by atoms with Gasteiger partial charge in [0.2, 0.25) is 10.0 Å². The molecule has 2 rings (SSSR count). The third kappa shape index (κ3) is 4.12. The van der Waals surface area contributed by atoms with E-state index in [2.05, 4.69) is 0 Å². The Morgan fingerprint density at radius 2 is 1.96 bits per heavy atom. The van der Waals surface area contributed by atoms with Gasteiger partial charge in [0, 0.05) is 45.3 Å². The lowest BCUT2D eigenvalue weighted by Crippen LogP contribution is -2.47. The van der Waals surface area contributed by atoms with Crippen molar-refractivity contribution in [1.29, 1.82) is 5.26 Å². The van der Waals surface area contributed by atoms with Gasteiger partial charge in [0.25, 0.3) is 5.69 Å². The van der Waals surface area contributed by atoms with Crippen LogP contribution in [0.4, 0.5) is 11.4 Å². The third-order valence-electron chi connectivity index (χ3n) is 4.67. The van der Waals surface area contributed by atoms with Crippen LogP contribution in [0.5, 0.6) is 0 Å². The van der Waals surface area contributed by atoms with E-state index in [1.807, 2.05) is 18.0 Å². The zero-order valence-corrected chi connectivity index (χ0v) is 15.9. The monoisotopic (exact) mass is 381 g/mol. The second-order valence-electron chi connectivity index (χ2n) is 6.44. The van der Waals surface area contributed by atoms with Gasteiger partial charge in [-0.3, -0.25) is 10.1 Å². The van der Waals surface area contributed by atoms with Gasteiger partial charge in [0.1, 0.15) is 5.69 Å². The van der Waals surface area contributed by atoms with Crippen molar-refractivity contribution in [2.45, 2.75) is 24.3 Å². The van der Waals surface area contributed by atoms with Crippen LogP contribution >= 0.6 is 0 Å². The van der Waals surface area contributed by atoms with Crippen LogP contribution in [0.15, 0.2) is 23.1 Å². The molecular weight excluding hydrogens is 358 g/mol. The molecule has 0 aromatic heterocycles. The largest absolute Gasteiger partial charge is 0.365 e. The van der Waals surface area contributed by atoms with Gasteiger partial charge < -0.3 is 9.80 Å². The fourth-order valence-electron chi connectivity index (χ4n) is 2.79. The van der Waals surface area contributed by atoms with Gasteiger partial charge in [-0.2, -0.15) is 9.57 Å². The van der Waals surface area contributed by atoms with Gasteiger partial charge in [0.15, 0.2) is 0 Å². The van der Waals surface area contributed by atoms with Crippen LogP contribution in [0.2, 0.25) is 0 Å². The van der Waals surface area contributed by atoms with Gasteiger partial charge in [-0.1, -0.05) is 0 Å². The number of sulfonamides is 1. The molecule has 26 heavy (non-hydrogen) atoms. The van der Waals surface area contributed by atoms with Crippen LogP contribution in [0, 0.1) is 21.4 Å². The molecule has 0 amide bonds. The number of rotatable bonds is 6. The van der Waals surface area contributed by atoms with E-state index in [0.717, 1.165) is 6.07 Å². The van der Waals surface area contributed by atoms with Gasteiger partial charge in [-0.25, -0.2) is 8.42 Å². The lowest BCUT2D eigenvalue weighted by molar-refractivity contribution is -0.384. The zero-order chi connectivity index (χ0) is 19.5. The number of nitrogens with zero attached hydrogens (tertiary/aromatic N) is 5. The molecule has 0 unspecified atom stereocenters. The average molecular weight is 381 g/mol. The first-order valence-electron chi connectivity index (χ1n) is 8.25. The average Bonchev–Trinajstić information content (AvgIpc) is 2.61. The summed E-state index contributed by atoms with van der Waals surface area (Å²) in [6, 6.07) is 5.74. The van der Waals surface area contributed by atoms with Crippen molar-refractivity contribution in [2.75, 3.05) is 45.2 Å². The first-order valence-corrected chi connectivity index (χ1v) is 9.69. The van der Waals surface area contributed by atoms with Crippen molar-refractivity contribution >= 4 is 21.4 Å². The predicted molar refractivity (Wildman–Crippen MR) is 97.4 cm³/mol. The van der Waals surface area contributed by atoms with Crippen molar-refractivity contribution in [3.05, 3.63) is 28.3 Å². The molecular formula is C16H23N5O4S. The molecule has 0 spiro atoms. The summed E-state index contributed by atoms with van der Waals surface area (Å²) in [5, 5.41) is 20.3. The van der Waals surface area contributed by atoms with Crippen molar-refractivity contribution < 1.29 is 13.3 Å². The van der Waals surface area contributed by atoms with E-state index in [1.54, 1.807) is 18.9 Å². The molecule has 0 radical (unpaired) electrons. The molecule has 0 aliphatic carbocycles. The highest BCUT2D eigenvalue weighted by Crippen LogP contribution is 2.32. The maximum atomic E-state index is 12.8. The number of nitro benzene ring substituents is 1. The Hall–Kier alpha value is -2.22. The Labute approximate surface area is 153 Å². The molecule has 0 saturated carbocycles. The summed E-state index contributed by atoms with van der Waals surface area (Å²) < 4.78 is 27.0. The highest BCUT2D eigenvalue weighted by molar-refractivity contribution is 7.89. The number of hydrogen-bond donors (Lipinski definition) is 0. The van der Waals surface area contributed by atoms with E-state index in [-0.39, 0.29) is 28.7 Å². The van der Waals surface area contributed by atoms with Crippen molar-refractivity contribution in [3.63, 3.8) is 0 Å².